The maximum atomic E-state index is 12.3. The van der Waals surface area contributed by atoms with Crippen molar-refractivity contribution in [1.82, 2.24) is 0 Å². The molecule has 0 fully saturated rings. The second-order valence-corrected chi connectivity index (χ2v) is 3.59. The third-order valence-corrected chi connectivity index (χ3v) is 2.11. The minimum atomic E-state index is -4.29. The third-order valence-electron chi connectivity index (χ3n) is 2.11. The molecule has 0 bridgehead atoms. The summed E-state index contributed by atoms with van der Waals surface area (Å²) in [5.74, 6) is 0. The minimum Gasteiger partial charge on any atom is -0.393 e. The number of halogens is 3. The average molecular weight is 218 g/mol. The number of aliphatic hydroxyl groups is 1. The van der Waals surface area contributed by atoms with Crippen molar-refractivity contribution < 1.29 is 18.3 Å². The van der Waals surface area contributed by atoms with Gasteiger partial charge >= 0.3 is 6.18 Å². The van der Waals surface area contributed by atoms with Gasteiger partial charge in [0.1, 0.15) is 0 Å². The van der Waals surface area contributed by atoms with Crippen LogP contribution in [0.25, 0.3) is 0 Å². The molecule has 1 nitrogen and oxygen atoms in total. The summed E-state index contributed by atoms with van der Waals surface area (Å²) in [6.07, 6.45) is -3.84. The molecule has 0 heterocycles. The molecule has 4 heteroatoms. The quantitative estimate of drug-likeness (QED) is 0.826. The van der Waals surface area contributed by atoms with Crippen LogP contribution in [0, 0.1) is 0 Å². The van der Waals surface area contributed by atoms with Crippen LogP contribution < -0.4 is 0 Å². The van der Waals surface area contributed by atoms with Gasteiger partial charge in [-0.05, 0) is 31.4 Å². The Bertz CT molecular complexity index is 318. The molecule has 1 aromatic carbocycles. The number of hydrogen-bond acceptors (Lipinski definition) is 1. The van der Waals surface area contributed by atoms with Gasteiger partial charge in [0, 0.05) is 0 Å². The molecule has 15 heavy (non-hydrogen) atoms. The van der Waals surface area contributed by atoms with Gasteiger partial charge in [-0.25, -0.2) is 0 Å². The summed E-state index contributed by atoms with van der Waals surface area (Å²) >= 11 is 0. The summed E-state index contributed by atoms with van der Waals surface area (Å²) in [6, 6.07) is 5.20. The van der Waals surface area contributed by atoms with E-state index in [1.54, 1.807) is 13.0 Å². The van der Waals surface area contributed by atoms with E-state index in [0.717, 1.165) is 12.1 Å². The highest BCUT2D eigenvalue weighted by Crippen LogP contribution is 2.29. The maximum Gasteiger partial charge on any atom is 0.416 e. The molecule has 0 saturated carbocycles. The lowest BCUT2D eigenvalue weighted by atomic mass is 10.0. The molecule has 1 rings (SSSR count). The Kier molecular flexibility index (Phi) is 3.74. The standard InChI is InChI=1S/C11H13F3O/c1-8(15)5-6-9-3-2-4-10(7-9)11(12,13)14/h2-4,7-8,15H,5-6H2,1H3. The number of rotatable bonds is 3. The minimum absolute atomic E-state index is 0.460. The Balaban J connectivity index is 2.75. The fourth-order valence-corrected chi connectivity index (χ4v) is 1.28. The smallest absolute Gasteiger partial charge is 0.393 e. The van der Waals surface area contributed by atoms with Gasteiger partial charge in [0.2, 0.25) is 0 Å². The molecule has 0 aliphatic carbocycles. The summed E-state index contributed by atoms with van der Waals surface area (Å²) < 4.78 is 37.0. The first kappa shape index (κ1) is 12.0. The van der Waals surface area contributed by atoms with Crippen molar-refractivity contribution >= 4 is 0 Å². The topological polar surface area (TPSA) is 20.2 Å². The van der Waals surface area contributed by atoms with Gasteiger partial charge in [-0.2, -0.15) is 13.2 Å². The van der Waals surface area contributed by atoms with Gasteiger partial charge in [0.25, 0.3) is 0 Å². The van der Waals surface area contributed by atoms with Gasteiger partial charge in [0.15, 0.2) is 0 Å². The molecule has 0 spiro atoms. The van der Waals surface area contributed by atoms with Crippen LogP contribution in [0.2, 0.25) is 0 Å². The zero-order valence-electron chi connectivity index (χ0n) is 8.38. The van der Waals surface area contributed by atoms with E-state index < -0.39 is 17.8 Å². The van der Waals surface area contributed by atoms with Gasteiger partial charge in [-0.3, -0.25) is 0 Å². The predicted molar refractivity (Wildman–Crippen MR) is 51.4 cm³/mol. The highest BCUT2D eigenvalue weighted by atomic mass is 19.4. The zero-order chi connectivity index (χ0) is 11.5. The van der Waals surface area contributed by atoms with Crippen LogP contribution in [-0.4, -0.2) is 11.2 Å². The molecule has 84 valence electrons. The lowest BCUT2D eigenvalue weighted by Crippen LogP contribution is -2.06. The fraction of sp³-hybridized carbons (Fsp3) is 0.455. The Morgan fingerprint density at radius 1 is 1.33 bits per heavy atom. The molecule has 0 aliphatic heterocycles. The second-order valence-electron chi connectivity index (χ2n) is 3.59. The van der Waals surface area contributed by atoms with E-state index >= 15 is 0 Å². The van der Waals surface area contributed by atoms with Crippen molar-refractivity contribution in [3.8, 4) is 0 Å². The number of aryl methyl sites for hydroxylation is 1. The van der Waals surface area contributed by atoms with Crippen LogP contribution in [0.4, 0.5) is 13.2 Å². The first-order valence-corrected chi connectivity index (χ1v) is 4.74. The molecular weight excluding hydrogens is 205 g/mol. The third kappa shape index (κ3) is 3.91. The molecule has 0 aromatic heterocycles. The number of aliphatic hydroxyl groups excluding tert-OH is 1. The van der Waals surface area contributed by atoms with Crippen molar-refractivity contribution in [3.63, 3.8) is 0 Å². The van der Waals surface area contributed by atoms with Gasteiger partial charge in [-0.1, -0.05) is 18.2 Å². The van der Waals surface area contributed by atoms with E-state index in [1.165, 1.54) is 6.07 Å². The van der Waals surface area contributed by atoms with Crippen LogP contribution in [0.15, 0.2) is 24.3 Å². The summed E-state index contributed by atoms with van der Waals surface area (Å²) in [7, 11) is 0. The highest BCUT2D eigenvalue weighted by molar-refractivity contribution is 5.25. The number of benzene rings is 1. The first-order valence-electron chi connectivity index (χ1n) is 4.74. The molecule has 1 N–H and O–H groups in total. The van der Waals surface area contributed by atoms with Crippen LogP contribution >= 0.6 is 0 Å². The van der Waals surface area contributed by atoms with Crippen LogP contribution in [0.5, 0.6) is 0 Å². The van der Waals surface area contributed by atoms with Gasteiger partial charge in [-0.15, -0.1) is 0 Å². The second kappa shape index (κ2) is 4.66. The maximum absolute atomic E-state index is 12.3. The van der Waals surface area contributed by atoms with E-state index in [1.807, 2.05) is 0 Å². The Morgan fingerprint density at radius 3 is 2.53 bits per heavy atom. The Hall–Kier alpha value is -1.03. The van der Waals surface area contributed by atoms with Crippen LogP contribution in [0.3, 0.4) is 0 Å². The van der Waals surface area contributed by atoms with E-state index in [4.69, 9.17) is 5.11 Å². The normalized spacial score (nSPS) is 13.9. The van der Waals surface area contributed by atoms with Crippen LogP contribution in [-0.2, 0) is 12.6 Å². The predicted octanol–water partition coefficient (Wildman–Crippen LogP) is 3.02. The largest absolute Gasteiger partial charge is 0.416 e. The van der Waals surface area contributed by atoms with Crippen molar-refractivity contribution in [2.75, 3.05) is 0 Å². The molecule has 0 saturated heterocycles. The first-order chi connectivity index (χ1) is 6.89. The Morgan fingerprint density at radius 2 is 2.00 bits per heavy atom. The van der Waals surface area contributed by atoms with E-state index in [9.17, 15) is 13.2 Å². The number of alkyl halides is 3. The van der Waals surface area contributed by atoms with Gasteiger partial charge < -0.3 is 5.11 Å². The van der Waals surface area contributed by atoms with E-state index in [2.05, 4.69) is 0 Å². The molecular formula is C11H13F3O. The SMILES string of the molecule is CC(O)CCc1cccc(C(F)(F)F)c1. The van der Waals surface area contributed by atoms with Crippen LogP contribution in [0.1, 0.15) is 24.5 Å². The molecule has 0 amide bonds. The molecule has 1 unspecified atom stereocenters. The average Bonchev–Trinajstić information content (AvgIpc) is 2.14. The number of hydrogen-bond donors (Lipinski definition) is 1. The fourth-order valence-electron chi connectivity index (χ4n) is 1.28. The van der Waals surface area contributed by atoms with Crippen molar-refractivity contribution in [3.05, 3.63) is 35.4 Å². The monoisotopic (exact) mass is 218 g/mol. The van der Waals surface area contributed by atoms with Gasteiger partial charge in [0.05, 0.1) is 11.7 Å². The molecule has 0 radical (unpaired) electrons. The van der Waals surface area contributed by atoms with E-state index in [-0.39, 0.29) is 0 Å². The lowest BCUT2D eigenvalue weighted by Gasteiger charge is -2.09. The highest BCUT2D eigenvalue weighted by Gasteiger charge is 2.30. The molecule has 1 aromatic rings. The Labute approximate surface area is 86.5 Å². The molecule has 1 atom stereocenters. The zero-order valence-corrected chi connectivity index (χ0v) is 8.38. The summed E-state index contributed by atoms with van der Waals surface area (Å²) in [5, 5.41) is 9.02. The summed E-state index contributed by atoms with van der Waals surface area (Å²) in [6.45, 7) is 1.62. The van der Waals surface area contributed by atoms with Crippen molar-refractivity contribution in [2.24, 2.45) is 0 Å². The van der Waals surface area contributed by atoms with Crippen molar-refractivity contribution in [2.45, 2.75) is 32.0 Å². The van der Waals surface area contributed by atoms with E-state index in [0.29, 0.717) is 18.4 Å². The summed E-state index contributed by atoms with van der Waals surface area (Å²) in [4.78, 5) is 0. The molecule has 0 aliphatic rings. The summed E-state index contributed by atoms with van der Waals surface area (Å²) in [5.41, 5.74) is -0.0312. The van der Waals surface area contributed by atoms with Crippen molar-refractivity contribution in [1.29, 1.82) is 0 Å². The lowest BCUT2D eigenvalue weighted by molar-refractivity contribution is -0.137.